The third kappa shape index (κ3) is 4.08. The summed E-state index contributed by atoms with van der Waals surface area (Å²) in [6, 6.07) is 13.4. The van der Waals surface area contributed by atoms with Crippen molar-refractivity contribution in [3.8, 4) is 0 Å². The van der Waals surface area contributed by atoms with E-state index in [9.17, 15) is 4.79 Å². The predicted molar refractivity (Wildman–Crippen MR) is 90.1 cm³/mol. The highest BCUT2D eigenvalue weighted by Crippen LogP contribution is 2.21. The zero-order valence-corrected chi connectivity index (χ0v) is 14.1. The second-order valence-corrected chi connectivity index (χ2v) is 6.05. The molecule has 0 saturated heterocycles. The molecule has 0 saturated carbocycles. The summed E-state index contributed by atoms with van der Waals surface area (Å²) < 4.78 is 1.92. The van der Waals surface area contributed by atoms with Crippen molar-refractivity contribution < 1.29 is 4.79 Å². The molecule has 2 rings (SSSR count). The molecule has 0 spiro atoms. The lowest BCUT2D eigenvalue weighted by atomic mass is 10.2. The lowest BCUT2D eigenvalue weighted by molar-refractivity contribution is -0.114. The van der Waals surface area contributed by atoms with Gasteiger partial charge in [-0.1, -0.05) is 28.1 Å². The maximum atomic E-state index is 11.9. The largest absolute Gasteiger partial charge is 0.376 e. The van der Waals surface area contributed by atoms with Gasteiger partial charge in [0.25, 0.3) is 0 Å². The van der Waals surface area contributed by atoms with Crippen molar-refractivity contribution in [3.05, 3.63) is 57.0 Å². The van der Waals surface area contributed by atoms with Crippen LogP contribution < -0.4 is 10.6 Å². The van der Waals surface area contributed by atoms with Crippen molar-refractivity contribution in [2.45, 2.75) is 6.92 Å². The average molecular weight is 398 g/mol. The van der Waals surface area contributed by atoms with Crippen LogP contribution in [0, 0.1) is 6.92 Å². The monoisotopic (exact) mass is 396 g/mol. The van der Waals surface area contributed by atoms with Crippen LogP contribution in [0.25, 0.3) is 0 Å². The van der Waals surface area contributed by atoms with Crippen molar-refractivity contribution in [2.24, 2.45) is 0 Å². The number of hydrogen-bond acceptors (Lipinski definition) is 2. The highest BCUT2D eigenvalue weighted by atomic mass is 79.9. The highest BCUT2D eigenvalue weighted by molar-refractivity contribution is 9.10. The lowest BCUT2D eigenvalue weighted by Gasteiger charge is -2.10. The first kappa shape index (κ1) is 15.1. The Balaban J connectivity index is 1.92. The van der Waals surface area contributed by atoms with Gasteiger partial charge in [-0.05, 0) is 58.7 Å². The first-order valence-electron chi connectivity index (χ1n) is 6.10. The number of anilines is 2. The summed E-state index contributed by atoms with van der Waals surface area (Å²) in [5, 5.41) is 5.95. The van der Waals surface area contributed by atoms with Gasteiger partial charge in [0.15, 0.2) is 0 Å². The standard InChI is InChI=1S/C15H14Br2N2O/c1-10-8-11(6-7-12(10)16)18-9-15(20)19-14-5-3-2-4-13(14)17/h2-8,18H,9H2,1H3,(H,19,20). The molecule has 0 unspecified atom stereocenters. The summed E-state index contributed by atoms with van der Waals surface area (Å²) in [6.07, 6.45) is 0. The molecule has 0 atom stereocenters. The van der Waals surface area contributed by atoms with Crippen LogP contribution in [0.3, 0.4) is 0 Å². The summed E-state index contributed by atoms with van der Waals surface area (Å²) in [6.45, 7) is 2.23. The molecule has 2 aromatic carbocycles. The second kappa shape index (κ2) is 6.90. The van der Waals surface area contributed by atoms with E-state index >= 15 is 0 Å². The zero-order valence-electron chi connectivity index (χ0n) is 10.9. The van der Waals surface area contributed by atoms with Crippen LogP contribution in [0.4, 0.5) is 11.4 Å². The number of halogens is 2. The molecule has 0 radical (unpaired) electrons. The van der Waals surface area contributed by atoms with Gasteiger partial charge in [0.05, 0.1) is 12.2 Å². The fraction of sp³-hybridized carbons (Fsp3) is 0.133. The Morgan fingerprint density at radius 3 is 2.55 bits per heavy atom. The number of aryl methyl sites for hydroxylation is 1. The van der Waals surface area contributed by atoms with E-state index in [4.69, 9.17) is 0 Å². The number of rotatable bonds is 4. The van der Waals surface area contributed by atoms with Gasteiger partial charge in [-0.3, -0.25) is 4.79 Å². The number of nitrogens with one attached hydrogen (secondary N) is 2. The Hall–Kier alpha value is -1.33. The third-order valence-electron chi connectivity index (χ3n) is 2.76. The Morgan fingerprint density at radius 2 is 1.85 bits per heavy atom. The van der Waals surface area contributed by atoms with Gasteiger partial charge >= 0.3 is 0 Å². The van der Waals surface area contributed by atoms with E-state index in [1.807, 2.05) is 49.4 Å². The Bertz CT molecular complexity index is 629. The van der Waals surface area contributed by atoms with E-state index < -0.39 is 0 Å². The van der Waals surface area contributed by atoms with E-state index in [2.05, 4.69) is 42.5 Å². The Kier molecular flexibility index (Phi) is 5.20. The second-order valence-electron chi connectivity index (χ2n) is 4.35. The topological polar surface area (TPSA) is 41.1 Å². The van der Waals surface area contributed by atoms with Crippen molar-refractivity contribution in [2.75, 3.05) is 17.2 Å². The molecule has 2 N–H and O–H groups in total. The molecule has 1 amide bonds. The van der Waals surface area contributed by atoms with Crippen LogP contribution in [0.1, 0.15) is 5.56 Å². The van der Waals surface area contributed by atoms with Gasteiger partial charge in [0.1, 0.15) is 0 Å². The first-order valence-corrected chi connectivity index (χ1v) is 7.69. The zero-order chi connectivity index (χ0) is 14.5. The fourth-order valence-electron chi connectivity index (χ4n) is 1.69. The van der Waals surface area contributed by atoms with Crippen LogP contribution in [0.5, 0.6) is 0 Å². The molecule has 0 aliphatic rings. The molecule has 0 fully saturated rings. The van der Waals surface area contributed by atoms with Crippen molar-refractivity contribution in [1.82, 2.24) is 0 Å². The smallest absolute Gasteiger partial charge is 0.243 e. The molecular weight excluding hydrogens is 384 g/mol. The maximum absolute atomic E-state index is 11.9. The van der Waals surface area contributed by atoms with Gasteiger partial charge < -0.3 is 10.6 Å². The maximum Gasteiger partial charge on any atom is 0.243 e. The molecule has 0 aliphatic carbocycles. The van der Waals surface area contributed by atoms with E-state index in [0.717, 1.165) is 25.9 Å². The van der Waals surface area contributed by atoms with Crippen LogP contribution in [0.2, 0.25) is 0 Å². The van der Waals surface area contributed by atoms with Gasteiger partial charge in [-0.2, -0.15) is 0 Å². The van der Waals surface area contributed by atoms with Crippen LogP contribution in [-0.4, -0.2) is 12.5 Å². The Labute approximate surface area is 135 Å². The Morgan fingerprint density at radius 1 is 1.10 bits per heavy atom. The van der Waals surface area contributed by atoms with E-state index in [1.165, 1.54) is 0 Å². The number of benzene rings is 2. The molecule has 5 heteroatoms. The predicted octanol–water partition coefficient (Wildman–Crippen LogP) is 4.57. The summed E-state index contributed by atoms with van der Waals surface area (Å²) in [5.74, 6) is -0.0857. The van der Waals surface area contributed by atoms with Crippen molar-refractivity contribution in [1.29, 1.82) is 0 Å². The number of para-hydroxylation sites is 1. The fourth-order valence-corrected chi connectivity index (χ4v) is 2.32. The average Bonchev–Trinajstić information content (AvgIpc) is 2.43. The van der Waals surface area contributed by atoms with Gasteiger partial charge in [0, 0.05) is 14.6 Å². The summed E-state index contributed by atoms with van der Waals surface area (Å²) in [7, 11) is 0. The number of amides is 1. The normalized spacial score (nSPS) is 10.2. The lowest BCUT2D eigenvalue weighted by Crippen LogP contribution is -2.21. The molecule has 20 heavy (non-hydrogen) atoms. The molecule has 0 bridgehead atoms. The minimum Gasteiger partial charge on any atom is -0.376 e. The van der Waals surface area contributed by atoms with E-state index in [1.54, 1.807) is 0 Å². The third-order valence-corrected chi connectivity index (χ3v) is 4.34. The molecule has 3 nitrogen and oxygen atoms in total. The molecule has 2 aromatic rings. The summed E-state index contributed by atoms with van der Waals surface area (Å²) in [5.41, 5.74) is 2.82. The molecule has 0 aliphatic heterocycles. The van der Waals surface area contributed by atoms with Crippen LogP contribution >= 0.6 is 31.9 Å². The molecule has 0 aromatic heterocycles. The number of carbonyl (C=O) groups is 1. The number of carbonyl (C=O) groups excluding carboxylic acids is 1. The number of hydrogen-bond donors (Lipinski definition) is 2. The SMILES string of the molecule is Cc1cc(NCC(=O)Nc2ccccc2Br)ccc1Br. The molecule has 0 heterocycles. The molecular formula is C15H14Br2N2O. The van der Waals surface area contributed by atoms with Crippen molar-refractivity contribution in [3.63, 3.8) is 0 Å². The van der Waals surface area contributed by atoms with Crippen LogP contribution in [0.15, 0.2) is 51.4 Å². The highest BCUT2D eigenvalue weighted by Gasteiger charge is 2.05. The minimum absolute atomic E-state index is 0.0857. The van der Waals surface area contributed by atoms with Crippen molar-refractivity contribution >= 4 is 49.1 Å². The summed E-state index contributed by atoms with van der Waals surface area (Å²) in [4.78, 5) is 11.9. The van der Waals surface area contributed by atoms with Gasteiger partial charge in [-0.15, -0.1) is 0 Å². The molecule has 104 valence electrons. The summed E-state index contributed by atoms with van der Waals surface area (Å²) >= 11 is 6.85. The van der Waals surface area contributed by atoms with E-state index in [-0.39, 0.29) is 12.5 Å². The minimum atomic E-state index is -0.0857. The quantitative estimate of drug-likeness (QED) is 0.793. The van der Waals surface area contributed by atoms with Crippen LogP contribution in [-0.2, 0) is 4.79 Å². The first-order chi connectivity index (χ1) is 9.56. The van der Waals surface area contributed by atoms with Gasteiger partial charge in [-0.25, -0.2) is 0 Å². The van der Waals surface area contributed by atoms with E-state index in [0.29, 0.717) is 0 Å². The van der Waals surface area contributed by atoms with Gasteiger partial charge in [0.2, 0.25) is 5.91 Å².